The molecule has 0 aromatic heterocycles. The van der Waals surface area contributed by atoms with E-state index < -0.39 is 0 Å². The summed E-state index contributed by atoms with van der Waals surface area (Å²) in [6, 6.07) is 7.34. The lowest BCUT2D eigenvalue weighted by Crippen LogP contribution is -2.24. The molecule has 0 atom stereocenters. The van der Waals surface area contributed by atoms with E-state index in [4.69, 9.17) is 0 Å². The number of carbonyl (C=O) groups is 1. The standard InChI is InChI=1S/C27H47NO2/c1-2-3-4-5-6-7-8-9-10-11-12-13-14-15-16-22-27(30)28-23-18-20-25-19-17-21-26(29)24-25/h17,19,21,24,29H,2-16,18,20,22-23H2,1H3,(H,28,30). The van der Waals surface area contributed by atoms with Crippen LogP contribution in [-0.2, 0) is 11.2 Å². The Bertz CT molecular complexity index is 529. The van der Waals surface area contributed by atoms with Gasteiger partial charge < -0.3 is 10.4 Å². The number of hydrogen-bond acceptors (Lipinski definition) is 2. The van der Waals surface area contributed by atoms with Crippen LogP contribution in [0.1, 0.15) is 122 Å². The topological polar surface area (TPSA) is 49.3 Å². The van der Waals surface area contributed by atoms with E-state index >= 15 is 0 Å². The molecule has 0 bridgehead atoms. The minimum atomic E-state index is 0.181. The SMILES string of the molecule is CCCCCCCCCCCCCCCCCC(=O)NCCCc1cccc(O)c1. The van der Waals surface area contributed by atoms with E-state index in [0.29, 0.717) is 18.7 Å². The summed E-state index contributed by atoms with van der Waals surface area (Å²) in [5, 5.41) is 12.5. The number of nitrogens with one attached hydrogen (secondary N) is 1. The number of unbranched alkanes of at least 4 members (excludes halogenated alkanes) is 14. The number of hydrogen-bond donors (Lipinski definition) is 2. The van der Waals surface area contributed by atoms with Crippen molar-refractivity contribution in [3.8, 4) is 5.75 Å². The summed E-state index contributed by atoms with van der Waals surface area (Å²) in [5.74, 6) is 0.491. The monoisotopic (exact) mass is 417 g/mol. The van der Waals surface area contributed by atoms with Crippen LogP contribution in [0.4, 0.5) is 0 Å². The molecule has 0 fully saturated rings. The van der Waals surface area contributed by atoms with Gasteiger partial charge in [0.1, 0.15) is 5.75 Å². The van der Waals surface area contributed by atoms with Crippen LogP contribution in [0.2, 0.25) is 0 Å². The molecule has 0 aliphatic carbocycles. The Morgan fingerprint density at radius 3 is 1.83 bits per heavy atom. The molecule has 30 heavy (non-hydrogen) atoms. The summed E-state index contributed by atoms with van der Waals surface area (Å²) in [4.78, 5) is 11.9. The Kier molecular flexibility index (Phi) is 17.2. The van der Waals surface area contributed by atoms with Crippen molar-refractivity contribution in [2.45, 2.75) is 122 Å². The first-order chi connectivity index (χ1) is 14.7. The van der Waals surface area contributed by atoms with Crippen LogP contribution >= 0.6 is 0 Å². The molecule has 1 rings (SSSR count). The van der Waals surface area contributed by atoms with Crippen LogP contribution < -0.4 is 5.32 Å². The van der Waals surface area contributed by atoms with E-state index in [1.54, 1.807) is 12.1 Å². The second-order valence-corrected chi connectivity index (χ2v) is 8.82. The summed E-state index contributed by atoms with van der Waals surface area (Å²) in [6.07, 6.45) is 22.7. The first-order valence-electron chi connectivity index (χ1n) is 12.8. The Balaban J connectivity index is 1.78. The van der Waals surface area contributed by atoms with Gasteiger partial charge in [0, 0.05) is 13.0 Å². The average molecular weight is 418 g/mol. The van der Waals surface area contributed by atoms with Gasteiger partial charge in [-0.3, -0.25) is 4.79 Å². The summed E-state index contributed by atoms with van der Waals surface area (Å²) < 4.78 is 0. The molecule has 0 heterocycles. The number of aryl methyl sites for hydroxylation is 1. The summed E-state index contributed by atoms with van der Waals surface area (Å²) in [7, 11) is 0. The van der Waals surface area contributed by atoms with Crippen molar-refractivity contribution in [1.82, 2.24) is 5.32 Å². The van der Waals surface area contributed by atoms with Crippen LogP contribution in [0.25, 0.3) is 0 Å². The first kappa shape index (κ1) is 26.5. The number of rotatable bonds is 20. The molecule has 0 spiro atoms. The van der Waals surface area contributed by atoms with Gasteiger partial charge in [0.2, 0.25) is 5.91 Å². The molecular weight excluding hydrogens is 370 g/mol. The molecule has 1 amide bonds. The molecular formula is C27H47NO2. The zero-order valence-electron chi connectivity index (χ0n) is 19.6. The highest BCUT2D eigenvalue weighted by Gasteiger charge is 2.01. The van der Waals surface area contributed by atoms with Crippen LogP contribution in [-0.4, -0.2) is 17.6 Å². The Labute approximate surface area is 186 Å². The molecule has 172 valence electrons. The molecule has 0 aliphatic heterocycles. The largest absolute Gasteiger partial charge is 0.508 e. The Morgan fingerprint density at radius 1 is 0.767 bits per heavy atom. The number of carbonyl (C=O) groups excluding carboxylic acids is 1. The van der Waals surface area contributed by atoms with Gasteiger partial charge in [-0.25, -0.2) is 0 Å². The minimum Gasteiger partial charge on any atom is -0.508 e. The molecule has 0 saturated heterocycles. The number of aromatic hydroxyl groups is 1. The van der Waals surface area contributed by atoms with Gasteiger partial charge in [0.15, 0.2) is 0 Å². The third-order valence-corrected chi connectivity index (χ3v) is 5.88. The third-order valence-electron chi connectivity index (χ3n) is 5.88. The first-order valence-corrected chi connectivity index (χ1v) is 12.8. The molecule has 3 nitrogen and oxygen atoms in total. The summed E-state index contributed by atoms with van der Waals surface area (Å²) in [6.45, 7) is 2.99. The predicted molar refractivity (Wildman–Crippen MR) is 129 cm³/mol. The highest BCUT2D eigenvalue weighted by atomic mass is 16.3. The number of benzene rings is 1. The molecule has 3 heteroatoms. The van der Waals surface area contributed by atoms with Crippen molar-refractivity contribution in [2.75, 3.05) is 6.54 Å². The van der Waals surface area contributed by atoms with Gasteiger partial charge in [0.25, 0.3) is 0 Å². The van der Waals surface area contributed by atoms with E-state index in [1.165, 1.54) is 89.9 Å². The van der Waals surface area contributed by atoms with Crippen molar-refractivity contribution in [1.29, 1.82) is 0 Å². The zero-order valence-corrected chi connectivity index (χ0v) is 19.6. The maximum absolute atomic E-state index is 11.9. The Morgan fingerprint density at radius 2 is 1.30 bits per heavy atom. The van der Waals surface area contributed by atoms with Crippen molar-refractivity contribution >= 4 is 5.91 Å². The molecule has 2 N–H and O–H groups in total. The van der Waals surface area contributed by atoms with E-state index in [0.717, 1.165) is 24.8 Å². The molecule has 1 aromatic carbocycles. The lowest BCUT2D eigenvalue weighted by atomic mass is 10.0. The van der Waals surface area contributed by atoms with Crippen LogP contribution in [0.5, 0.6) is 5.75 Å². The number of amides is 1. The second kappa shape index (κ2) is 19.5. The summed E-state index contributed by atoms with van der Waals surface area (Å²) in [5.41, 5.74) is 1.12. The van der Waals surface area contributed by atoms with E-state index in [1.807, 2.05) is 12.1 Å². The quantitative estimate of drug-likeness (QED) is 0.213. The number of phenols is 1. The van der Waals surface area contributed by atoms with Crippen LogP contribution in [0, 0.1) is 0 Å². The van der Waals surface area contributed by atoms with Crippen molar-refractivity contribution in [3.63, 3.8) is 0 Å². The normalized spacial score (nSPS) is 11.0. The molecule has 0 unspecified atom stereocenters. The van der Waals surface area contributed by atoms with Gasteiger partial charge in [-0.15, -0.1) is 0 Å². The van der Waals surface area contributed by atoms with E-state index in [9.17, 15) is 9.90 Å². The average Bonchev–Trinajstić information content (AvgIpc) is 2.74. The summed E-state index contributed by atoms with van der Waals surface area (Å²) >= 11 is 0. The van der Waals surface area contributed by atoms with Crippen LogP contribution in [0.3, 0.4) is 0 Å². The highest BCUT2D eigenvalue weighted by molar-refractivity contribution is 5.75. The van der Waals surface area contributed by atoms with Gasteiger partial charge in [-0.1, -0.05) is 109 Å². The fourth-order valence-corrected chi connectivity index (χ4v) is 3.98. The van der Waals surface area contributed by atoms with Gasteiger partial charge in [-0.2, -0.15) is 0 Å². The molecule has 0 aliphatic rings. The van der Waals surface area contributed by atoms with Gasteiger partial charge in [-0.05, 0) is 37.0 Å². The lowest BCUT2D eigenvalue weighted by molar-refractivity contribution is -0.121. The Hall–Kier alpha value is -1.51. The molecule has 0 radical (unpaired) electrons. The maximum atomic E-state index is 11.9. The zero-order chi connectivity index (χ0) is 21.7. The van der Waals surface area contributed by atoms with Gasteiger partial charge in [0.05, 0.1) is 0 Å². The van der Waals surface area contributed by atoms with Crippen molar-refractivity contribution < 1.29 is 9.90 Å². The van der Waals surface area contributed by atoms with E-state index in [2.05, 4.69) is 12.2 Å². The van der Waals surface area contributed by atoms with Crippen molar-refractivity contribution in [3.05, 3.63) is 29.8 Å². The smallest absolute Gasteiger partial charge is 0.219 e. The second-order valence-electron chi connectivity index (χ2n) is 8.82. The van der Waals surface area contributed by atoms with E-state index in [-0.39, 0.29) is 5.91 Å². The minimum absolute atomic E-state index is 0.181. The maximum Gasteiger partial charge on any atom is 0.219 e. The molecule has 0 saturated carbocycles. The van der Waals surface area contributed by atoms with Gasteiger partial charge >= 0.3 is 0 Å². The van der Waals surface area contributed by atoms with Crippen molar-refractivity contribution in [2.24, 2.45) is 0 Å². The predicted octanol–water partition coefficient (Wildman–Crippen LogP) is 7.70. The third kappa shape index (κ3) is 16.3. The fourth-order valence-electron chi connectivity index (χ4n) is 3.98. The highest BCUT2D eigenvalue weighted by Crippen LogP contribution is 2.14. The van der Waals surface area contributed by atoms with Crippen LogP contribution in [0.15, 0.2) is 24.3 Å². The molecule has 1 aromatic rings. The number of phenolic OH excluding ortho intramolecular Hbond substituents is 1. The fraction of sp³-hybridized carbons (Fsp3) is 0.741. The lowest BCUT2D eigenvalue weighted by Gasteiger charge is -2.06.